The zero-order chi connectivity index (χ0) is 11.9. The maximum atomic E-state index is 9.13. The zero-order valence-corrected chi connectivity index (χ0v) is 10.1. The van der Waals surface area contributed by atoms with E-state index in [4.69, 9.17) is 9.84 Å². The molecule has 1 aromatic rings. The van der Waals surface area contributed by atoms with E-state index in [1.165, 1.54) is 5.56 Å². The Kier molecular flexibility index (Phi) is 4.98. The van der Waals surface area contributed by atoms with Crippen molar-refractivity contribution in [3.8, 4) is 0 Å². The molecule has 0 radical (unpaired) electrons. The van der Waals surface area contributed by atoms with Gasteiger partial charge in [-0.2, -0.15) is 0 Å². The normalized spacial score (nSPS) is 21.6. The van der Waals surface area contributed by atoms with Gasteiger partial charge < -0.3 is 15.2 Å². The third kappa shape index (κ3) is 3.80. The van der Waals surface area contributed by atoms with Crippen molar-refractivity contribution in [3.05, 3.63) is 35.9 Å². The van der Waals surface area contributed by atoms with Gasteiger partial charge in [0.25, 0.3) is 0 Å². The van der Waals surface area contributed by atoms with Gasteiger partial charge in [-0.1, -0.05) is 30.3 Å². The first-order valence-electron chi connectivity index (χ1n) is 6.37. The van der Waals surface area contributed by atoms with Crippen LogP contribution >= 0.6 is 0 Å². The third-order valence-electron chi connectivity index (χ3n) is 3.30. The molecule has 3 nitrogen and oxygen atoms in total. The molecule has 0 bridgehead atoms. The lowest BCUT2D eigenvalue weighted by Crippen LogP contribution is -2.28. The summed E-state index contributed by atoms with van der Waals surface area (Å²) in [6.07, 6.45) is 1.91. The highest BCUT2D eigenvalue weighted by molar-refractivity contribution is 5.18. The van der Waals surface area contributed by atoms with E-state index < -0.39 is 0 Å². The second-order valence-electron chi connectivity index (χ2n) is 4.61. The van der Waals surface area contributed by atoms with Crippen LogP contribution in [0.2, 0.25) is 0 Å². The first-order valence-corrected chi connectivity index (χ1v) is 6.37. The average Bonchev–Trinajstić information content (AvgIpc) is 2.88. The molecule has 0 aromatic heterocycles. The van der Waals surface area contributed by atoms with E-state index in [0.29, 0.717) is 5.92 Å². The maximum absolute atomic E-state index is 9.13. The van der Waals surface area contributed by atoms with Crippen molar-refractivity contribution in [2.45, 2.75) is 18.9 Å². The molecule has 0 aliphatic carbocycles. The molecule has 2 rings (SSSR count). The minimum atomic E-state index is 0.216. The molecular weight excluding hydrogens is 214 g/mol. The van der Waals surface area contributed by atoms with Crippen molar-refractivity contribution in [2.75, 3.05) is 26.4 Å². The van der Waals surface area contributed by atoms with E-state index in [2.05, 4.69) is 17.4 Å². The Morgan fingerprint density at radius 2 is 2.18 bits per heavy atom. The van der Waals surface area contributed by atoms with Gasteiger partial charge in [0.05, 0.1) is 6.61 Å². The fourth-order valence-electron chi connectivity index (χ4n) is 2.25. The van der Waals surface area contributed by atoms with Crippen LogP contribution in [0.3, 0.4) is 0 Å². The summed E-state index contributed by atoms with van der Waals surface area (Å²) in [6, 6.07) is 10.6. The standard InChI is InChI=1S/C14H21NO2/c16-8-6-14(13-4-2-1-3-5-13)15-10-12-7-9-17-11-12/h1-5,12,14-16H,6-11H2/t12-,14-/m1/s1. The van der Waals surface area contributed by atoms with Crippen LogP contribution in [0.5, 0.6) is 0 Å². The number of benzene rings is 1. The minimum Gasteiger partial charge on any atom is -0.396 e. The Hall–Kier alpha value is -0.900. The van der Waals surface area contributed by atoms with Crippen molar-refractivity contribution < 1.29 is 9.84 Å². The van der Waals surface area contributed by atoms with Crippen LogP contribution in [0, 0.1) is 5.92 Å². The number of aliphatic hydroxyl groups excluding tert-OH is 1. The van der Waals surface area contributed by atoms with Gasteiger partial charge in [0.2, 0.25) is 0 Å². The summed E-state index contributed by atoms with van der Waals surface area (Å²) in [5, 5.41) is 12.7. The average molecular weight is 235 g/mol. The number of ether oxygens (including phenoxy) is 1. The summed E-state index contributed by atoms with van der Waals surface area (Å²) in [6.45, 7) is 2.95. The van der Waals surface area contributed by atoms with Crippen molar-refractivity contribution in [2.24, 2.45) is 5.92 Å². The first-order chi connectivity index (χ1) is 8.40. The van der Waals surface area contributed by atoms with Crippen LogP contribution in [0.15, 0.2) is 30.3 Å². The predicted molar refractivity (Wildman–Crippen MR) is 67.8 cm³/mol. The number of nitrogens with one attached hydrogen (secondary N) is 1. The molecule has 0 spiro atoms. The van der Waals surface area contributed by atoms with Crippen LogP contribution in [0.1, 0.15) is 24.4 Å². The summed E-state index contributed by atoms with van der Waals surface area (Å²) in [7, 11) is 0. The molecule has 0 unspecified atom stereocenters. The van der Waals surface area contributed by atoms with Gasteiger partial charge in [-0.3, -0.25) is 0 Å². The van der Waals surface area contributed by atoms with Crippen molar-refractivity contribution in [1.29, 1.82) is 0 Å². The Bertz CT molecular complexity index is 309. The van der Waals surface area contributed by atoms with E-state index in [1.54, 1.807) is 0 Å². The Balaban J connectivity index is 1.88. The van der Waals surface area contributed by atoms with Crippen molar-refractivity contribution in [1.82, 2.24) is 5.32 Å². The molecule has 17 heavy (non-hydrogen) atoms. The van der Waals surface area contributed by atoms with Crippen LogP contribution in [0.25, 0.3) is 0 Å². The van der Waals surface area contributed by atoms with Crippen molar-refractivity contribution in [3.63, 3.8) is 0 Å². The fourth-order valence-corrected chi connectivity index (χ4v) is 2.25. The summed E-state index contributed by atoms with van der Waals surface area (Å²) in [5.74, 6) is 0.625. The van der Waals surface area contributed by atoms with Crippen LogP contribution in [0.4, 0.5) is 0 Å². The van der Waals surface area contributed by atoms with Crippen LogP contribution in [-0.4, -0.2) is 31.5 Å². The molecule has 1 saturated heterocycles. The quantitative estimate of drug-likeness (QED) is 0.789. The summed E-state index contributed by atoms with van der Waals surface area (Å²) < 4.78 is 5.37. The highest BCUT2D eigenvalue weighted by Crippen LogP contribution is 2.18. The Morgan fingerprint density at radius 1 is 1.35 bits per heavy atom. The maximum Gasteiger partial charge on any atom is 0.0507 e. The second kappa shape index (κ2) is 6.74. The monoisotopic (exact) mass is 235 g/mol. The van der Waals surface area contributed by atoms with Crippen molar-refractivity contribution >= 4 is 0 Å². The van der Waals surface area contributed by atoms with Gasteiger partial charge in [-0.15, -0.1) is 0 Å². The number of hydrogen-bond acceptors (Lipinski definition) is 3. The first kappa shape index (κ1) is 12.6. The largest absolute Gasteiger partial charge is 0.396 e. The number of aliphatic hydroxyl groups is 1. The molecule has 94 valence electrons. The molecule has 0 saturated carbocycles. The van der Waals surface area contributed by atoms with E-state index in [-0.39, 0.29) is 12.6 Å². The smallest absolute Gasteiger partial charge is 0.0507 e. The molecule has 2 N–H and O–H groups in total. The van der Waals surface area contributed by atoms with Gasteiger partial charge in [0.1, 0.15) is 0 Å². The van der Waals surface area contributed by atoms with E-state index >= 15 is 0 Å². The summed E-state index contributed by atoms with van der Waals surface area (Å²) in [4.78, 5) is 0. The van der Waals surface area contributed by atoms with Gasteiger partial charge in [-0.05, 0) is 24.3 Å². The van der Waals surface area contributed by atoms with E-state index in [0.717, 1.165) is 32.6 Å². The van der Waals surface area contributed by atoms with E-state index in [1.807, 2.05) is 18.2 Å². The molecular formula is C14H21NO2. The molecule has 1 aromatic carbocycles. The third-order valence-corrected chi connectivity index (χ3v) is 3.30. The molecule has 0 amide bonds. The van der Waals surface area contributed by atoms with Crippen LogP contribution in [-0.2, 0) is 4.74 Å². The minimum absolute atomic E-state index is 0.216. The second-order valence-corrected chi connectivity index (χ2v) is 4.61. The van der Waals surface area contributed by atoms with Gasteiger partial charge >= 0.3 is 0 Å². The molecule has 2 atom stereocenters. The lowest BCUT2D eigenvalue weighted by molar-refractivity contribution is 0.183. The molecule has 1 aliphatic heterocycles. The Labute approximate surface area is 103 Å². The predicted octanol–water partition coefficient (Wildman–Crippen LogP) is 1.74. The lowest BCUT2D eigenvalue weighted by atomic mass is 10.0. The summed E-state index contributed by atoms with van der Waals surface area (Å²) in [5.41, 5.74) is 1.25. The van der Waals surface area contributed by atoms with Crippen LogP contribution < -0.4 is 5.32 Å². The van der Waals surface area contributed by atoms with Gasteiger partial charge in [0.15, 0.2) is 0 Å². The molecule has 1 fully saturated rings. The Morgan fingerprint density at radius 3 is 2.82 bits per heavy atom. The van der Waals surface area contributed by atoms with Gasteiger partial charge in [0, 0.05) is 25.8 Å². The summed E-state index contributed by atoms with van der Waals surface area (Å²) >= 11 is 0. The zero-order valence-electron chi connectivity index (χ0n) is 10.1. The topological polar surface area (TPSA) is 41.5 Å². The van der Waals surface area contributed by atoms with Gasteiger partial charge in [-0.25, -0.2) is 0 Å². The molecule has 1 heterocycles. The van der Waals surface area contributed by atoms with E-state index in [9.17, 15) is 0 Å². The SMILES string of the molecule is OCC[C@@H](NC[C@H]1CCOC1)c1ccccc1. The number of hydrogen-bond donors (Lipinski definition) is 2. The highest BCUT2D eigenvalue weighted by Gasteiger charge is 2.17. The fraction of sp³-hybridized carbons (Fsp3) is 0.571. The highest BCUT2D eigenvalue weighted by atomic mass is 16.5. The number of rotatable bonds is 6. The molecule has 3 heteroatoms. The molecule has 1 aliphatic rings. The lowest BCUT2D eigenvalue weighted by Gasteiger charge is -2.20.